The summed E-state index contributed by atoms with van der Waals surface area (Å²) in [5.41, 5.74) is 0. The zero-order valence-electron chi connectivity index (χ0n) is 3.79. The quantitative estimate of drug-likeness (QED) is 0.383. The summed E-state index contributed by atoms with van der Waals surface area (Å²) in [4.78, 5) is 0. The Morgan fingerprint density at radius 1 is 0.571 bits per heavy atom. The zero-order chi connectivity index (χ0) is 0. The molecule has 0 spiro atoms. The van der Waals surface area contributed by atoms with Gasteiger partial charge in [0.2, 0.25) is 0 Å². The van der Waals surface area contributed by atoms with Crippen LogP contribution in [0.3, 0.4) is 0 Å². The van der Waals surface area contributed by atoms with Crippen molar-refractivity contribution >= 4 is 37.7 Å². The SMILES string of the molecule is [Ca+2].[K+].[Nb+5].[O-2].[O-2].[O-2].[O-2]. The van der Waals surface area contributed by atoms with E-state index < -0.39 is 0 Å². The second-order valence-corrected chi connectivity index (χ2v) is 0. The van der Waals surface area contributed by atoms with Gasteiger partial charge < -0.3 is 21.9 Å². The maximum Gasteiger partial charge on any atom is 5.00 e. The van der Waals surface area contributed by atoms with E-state index in [9.17, 15) is 0 Å². The van der Waals surface area contributed by atoms with Crippen LogP contribution in [-0.2, 0) is 44.3 Å². The van der Waals surface area contributed by atoms with Gasteiger partial charge in [0.05, 0.1) is 0 Å². The van der Waals surface area contributed by atoms with Crippen molar-refractivity contribution in [1.29, 1.82) is 0 Å². The Kier molecular flexibility index (Phi) is 627. The Hall–Kier alpha value is 3.48. The molecule has 0 aliphatic carbocycles. The number of hydrogen-bond acceptors (Lipinski definition) is 0. The molecule has 4 nitrogen and oxygen atoms in total. The van der Waals surface area contributed by atoms with Gasteiger partial charge in [-0.25, -0.2) is 0 Å². The Bertz CT molecular complexity index is 11.7. The van der Waals surface area contributed by atoms with Crippen molar-refractivity contribution in [3.05, 3.63) is 0 Å². The Morgan fingerprint density at radius 2 is 0.571 bits per heavy atom. The van der Waals surface area contributed by atoms with Crippen LogP contribution in [0.5, 0.6) is 0 Å². The van der Waals surface area contributed by atoms with Crippen LogP contribution in [-0.4, -0.2) is 37.7 Å². The summed E-state index contributed by atoms with van der Waals surface area (Å²) >= 11 is 0. The summed E-state index contributed by atoms with van der Waals surface area (Å²) in [7, 11) is 0. The molecule has 7 heavy (non-hydrogen) atoms. The van der Waals surface area contributed by atoms with Crippen molar-refractivity contribution in [2.45, 2.75) is 0 Å². The molecule has 0 radical (unpaired) electrons. The summed E-state index contributed by atoms with van der Waals surface area (Å²) in [6.07, 6.45) is 0. The minimum atomic E-state index is 0. The van der Waals surface area contributed by atoms with E-state index in [2.05, 4.69) is 0 Å². The molecule has 0 saturated carbocycles. The molecule has 0 aliphatic heterocycles. The van der Waals surface area contributed by atoms with E-state index in [1.807, 2.05) is 0 Å². The van der Waals surface area contributed by atoms with Crippen molar-refractivity contribution in [3.63, 3.8) is 0 Å². The molecule has 0 N–H and O–H groups in total. The zero-order valence-corrected chi connectivity index (χ0v) is 11.3. The third-order valence-electron chi connectivity index (χ3n) is 0. The van der Waals surface area contributed by atoms with Crippen LogP contribution in [0.4, 0.5) is 0 Å². The van der Waals surface area contributed by atoms with Crippen LogP contribution in [0, 0.1) is 0 Å². The molecule has 0 unspecified atom stereocenters. The van der Waals surface area contributed by atoms with Crippen molar-refractivity contribution in [2.75, 3.05) is 0 Å². The number of rotatable bonds is 0. The normalized spacial score (nSPS) is 0. The first-order valence-electron chi connectivity index (χ1n) is 0. The van der Waals surface area contributed by atoms with E-state index in [4.69, 9.17) is 0 Å². The number of hydrogen-bond donors (Lipinski definition) is 0. The van der Waals surface area contributed by atoms with E-state index in [1.54, 1.807) is 0 Å². The molecule has 0 atom stereocenters. The Morgan fingerprint density at radius 3 is 0.571 bits per heavy atom. The molecule has 0 aromatic carbocycles. The van der Waals surface area contributed by atoms with Crippen LogP contribution < -0.4 is 51.4 Å². The summed E-state index contributed by atoms with van der Waals surface area (Å²) < 4.78 is 0. The molecule has 0 aliphatic rings. The molecule has 0 heterocycles. The topological polar surface area (TPSA) is 114 Å². The van der Waals surface area contributed by atoms with Crippen molar-refractivity contribution in [2.24, 2.45) is 0 Å². The van der Waals surface area contributed by atoms with Gasteiger partial charge in [0.15, 0.2) is 0 Å². The fourth-order valence-corrected chi connectivity index (χ4v) is 0. The van der Waals surface area contributed by atoms with Crippen LogP contribution in [0.15, 0.2) is 0 Å². The van der Waals surface area contributed by atoms with Gasteiger partial charge in [-0.1, -0.05) is 0 Å². The molecule has 0 rings (SSSR count). The van der Waals surface area contributed by atoms with Gasteiger partial charge >= 0.3 is 112 Å². The van der Waals surface area contributed by atoms with Gasteiger partial charge in [-0.2, -0.15) is 0 Å². The van der Waals surface area contributed by atoms with Crippen molar-refractivity contribution < 1.29 is 95.7 Å². The standard InChI is InChI=1S/Ca.K.Nb.4O/q+2;+1;+5;4*-2. The van der Waals surface area contributed by atoms with Gasteiger partial charge in [-0.15, -0.1) is 0 Å². The minimum absolute atomic E-state index is 0. The van der Waals surface area contributed by atoms with Gasteiger partial charge in [-0.3, -0.25) is 0 Å². The van der Waals surface area contributed by atoms with E-state index >= 15 is 0 Å². The van der Waals surface area contributed by atoms with Crippen LogP contribution in [0.1, 0.15) is 0 Å². The van der Waals surface area contributed by atoms with Crippen LogP contribution in [0.2, 0.25) is 0 Å². The molecule has 0 bridgehead atoms. The molecule has 32 valence electrons. The molecule has 0 saturated heterocycles. The maximum atomic E-state index is 0. The second kappa shape index (κ2) is 56.3. The van der Waals surface area contributed by atoms with Crippen molar-refractivity contribution in [3.8, 4) is 0 Å². The summed E-state index contributed by atoms with van der Waals surface area (Å²) in [5.74, 6) is 0. The summed E-state index contributed by atoms with van der Waals surface area (Å²) in [6, 6.07) is 0. The smallest absolute Gasteiger partial charge is 2.00 e. The van der Waals surface area contributed by atoms with E-state index in [-0.39, 0.29) is 133 Å². The molecular weight excluding hydrogens is 236 g/mol. The van der Waals surface area contributed by atoms with E-state index in [1.165, 1.54) is 0 Å². The predicted molar refractivity (Wildman–Crippen MR) is 8.50 cm³/mol. The second-order valence-electron chi connectivity index (χ2n) is 0. The predicted octanol–water partition coefficient (Wildman–Crippen LogP) is -3.85. The first-order valence-corrected chi connectivity index (χ1v) is 0. The van der Waals surface area contributed by atoms with E-state index in [0.717, 1.165) is 0 Å². The largest absolute Gasteiger partial charge is 5.00 e. The van der Waals surface area contributed by atoms with Gasteiger partial charge in [0, 0.05) is 0 Å². The first-order chi connectivity index (χ1) is 0. The average Bonchev–Trinajstić information content (AvgIpc) is 0. The van der Waals surface area contributed by atoms with E-state index in [0.29, 0.717) is 0 Å². The average molecular weight is 236 g/mol. The summed E-state index contributed by atoms with van der Waals surface area (Å²) in [6.45, 7) is 0. The van der Waals surface area contributed by atoms with Crippen LogP contribution >= 0.6 is 0 Å². The van der Waals surface area contributed by atoms with Gasteiger partial charge in [0.1, 0.15) is 0 Å². The molecule has 0 fully saturated rings. The maximum absolute atomic E-state index is 0. The molecule has 0 aromatic rings. The fraction of sp³-hybridized carbons (Fsp3) is 0. The first kappa shape index (κ1) is 77.8. The molecule has 0 amide bonds. The Balaban J connectivity index is 0. The minimum Gasteiger partial charge on any atom is -2.00 e. The third-order valence-corrected chi connectivity index (χ3v) is 0. The van der Waals surface area contributed by atoms with Gasteiger partial charge in [0.25, 0.3) is 0 Å². The fourth-order valence-electron chi connectivity index (χ4n) is 0. The third kappa shape index (κ3) is 43.8. The van der Waals surface area contributed by atoms with Gasteiger partial charge in [-0.05, 0) is 0 Å². The molecule has 7 heteroatoms. The molecular formula is CaKNbO4. The monoisotopic (exact) mass is 236 g/mol. The van der Waals surface area contributed by atoms with Crippen molar-refractivity contribution in [1.82, 2.24) is 0 Å². The Labute approximate surface area is 130 Å². The molecule has 0 aromatic heterocycles. The summed E-state index contributed by atoms with van der Waals surface area (Å²) in [5, 5.41) is 0. The van der Waals surface area contributed by atoms with Crippen LogP contribution in [0.25, 0.3) is 0 Å².